The minimum absolute atomic E-state index is 0.213. The lowest BCUT2D eigenvalue weighted by molar-refractivity contribution is -0.134. The summed E-state index contributed by atoms with van der Waals surface area (Å²) in [6.45, 7) is 6.35. The zero-order chi connectivity index (χ0) is 9.72. The molecule has 2 heteroatoms. The van der Waals surface area contributed by atoms with Gasteiger partial charge in [0.15, 0.2) is 0 Å². The van der Waals surface area contributed by atoms with Crippen LogP contribution in [0.3, 0.4) is 0 Å². The van der Waals surface area contributed by atoms with E-state index in [1.165, 1.54) is 0 Å². The highest BCUT2D eigenvalue weighted by Gasteiger charge is 2.22. The Morgan fingerprint density at radius 3 is 2.08 bits per heavy atom. The van der Waals surface area contributed by atoms with Gasteiger partial charge in [0, 0.05) is 20.0 Å². The maximum absolute atomic E-state index is 11.6. The fourth-order valence-corrected chi connectivity index (χ4v) is 1.38. The minimum atomic E-state index is 0.213. The molecule has 1 atom stereocenters. The van der Waals surface area contributed by atoms with Gasteiger partial charge in [-0.2, -0.15) is 0 Å². The molecule has 0 fully saturated rings. The highest BCUT2D eigenvalue weighted by Crippen LogP contribution is 2.18. The van der Waals surface area contributed by atoms with Gasteiger partial charge in [-0.25, -0.2) is 0 Å². The molecule has 0 saturated heterocycles. The Kier molecular flexibility index (Phi) is 4.95. The number of rotatable bonds is 4. The molecule has 0 bridgehead atoms. The highest BCUT2D eigenvalue weighted by molar-refractivity contribution is 5.78. The number of carbonyl (C=O) groups is 1. The van der Waals surface area contributed by atoms with Crippen molar-refractivity contribution in [3.8, 4) is 0 Å². The first kappa shape index (κ1) is 11.5. The molecule has 0 aliphatic carbocycles. The van der Waals surface area contributed by atoms with Gasteiger partial charge in [0.1, 0.15) is 0 Å². The van der Waals surface area contributed by atoms with E-state index in [1.807, 2.05) is 14.1 Å². The quantitative estimate of drug-likeness (QED) is 0.634. The van der Waals surface area contributed by atoms with Crippen LogP contribution >= 0.6 is 0 Å². The van der Waals surface area contributed by atoms with Gasteiger partial charge in [0.2, 0.25) is 5.91 Å². The van der Waals surface area contributed by atoms with Gasteiger partial charge in [-0.05, 0) is 12.3 Å². The first-order chi connectivity index (χ1) is 5.50. The van der Waals surface area contributed by atoms with E-state index in [9.17, 15) is 4.79 Å². The van der Waals surface area contributed by atoms with E-state index in [0.717, 1.165) is 12.8 Å². The summed E-state index contributed by atoms with van der Waals surface area (Å²) in [6.07, 6.45) is 2.09. The third-order valence-corrected chi connectivity index (χ3v) is 2.16. The molecule has 12 heavy (non-hydrogen) atoms. The molecule has 1 amide bonds. The smallest absolute Gasteiger partial charge is 0.225 e. The average molecular weight is 171 g/mol. The minimum Gasteiger partial charge on any atom is -0.349 e. The van der Waals surface area contributed by atoms with E-state index in [2.05, 4.69) is 20.8 Å². The molecule has 0 saturated carbocycles. The van der Waals surface area contributed by atoms with Crippen LogP contribution in [0.2, 0.25) is 0 Å². The van der Waals surface area contributed by atoms with Crippen LogP contribution in [0.1, 0.15) is 33.6 Å². The standard InChI is InChI=1S/C10H21NO/c1-6-7-9(8(2)3)10(12)11(4)5/h8-9H,6-7H2,1-5H3. The Hall–Kier alpha value is -0.530. The van der Waals surface area contributed by atoms with Crippen molar-refractivity contribution in [1.82, 2.24) is 4.90 Å². The van der Waals surface area contributed by atoms with Gasteiger partial charge in [0.25, 0.3) is 0 Å². The van der Waals surface area contributed by atoms with Crippen molar-refractivity contribution in [2.75, 3.05) is 14.1 Å². The van der Waals surface area contributed by atoms with Crippen molar-refractivity contribution in [3.63, 3.8) is 0 Å². The normalized spacial score (nSPS) is 13.2. The maximum Gasteiger partial charge on any atom is 0.225 e. The Bertz CT molecular complexity index is 141. The SMILES string of the molecule is CCCC(C(=O)N(C)C)C(C)C. The molecular weight excluding hydrogens is 150 g/mol. The summed E-state index contributed by atoms with van der Waals surface area (Å²) in [5.41, 5.74) is 0. The van der Waals surface area contributed by atoms with Crippen LogP contribution < -0.4 is 0 Å². The van der Waals surface area contributed by atoms with E-state index in [1.54, 1.807) is 4.90 Å². The number of amides is 1. The number of carbonyl (C=O) groups excluding carboxylic acids is 1. The Labute approximate surface area is 75.9 Å². The van der Waals surface area contributed by atoms with Crippen LogP contribution in [-0.2, 0) is 4.79 Å². The summed E-state index contributed by atoms with van der Waals surface area (Å²) in [4.78, 5) is 13.3. The van der Waals surface area contributed by atoms with E-state index in [4.69, 9.17) is 0 Å². The number of hydrogen-bond donors (Lipinski definition) is 0. The third-order valence-electron chi connectivity index (χ3n) is 2.16. The first-order valence-electron chi connectivity index (χ1n) is 4.71. The predicted molar refractivity (Wildman–Crippen MR) is 51.9 cm³/mol. The molecule has 0 aliphatic rings. The van der Waals surface area contributed by atoms with Crippen LogP contribution in [-0.4, -0.2) is 24.9 Å². The van der Waals surface area contributed by atoms with Gasteiger partial charge in [0.05, 0.1) is 0 Å². The maximum atomic E-state index is 11.6. The number of hydrogen-bond acceptors (Lipinski definition) is 1. The van der Waals surface area contributed by atoms with Gasteiger partial charge in [-0.15, -0.1) is 0 Å². The lowest BCUT2D eigenvalue weighted by atomic mass is 9.90. The van der Waals surface area contributed by atoms with Gasteiger partial charge >= 0.3 is 0 Å². The van der Waals surface area contributed by atoms with Crippen molar-refractivity contribution in [2.45, 2.75) is 33.6 Å². The molecule has 0 rings (SSSR count). The topological polar surface area (TPSA) is 20.3 Å². The van der Waals surface area contributed by atoms with Crippen LogP contribution in [0, 0.1) is 11.8 Å². The summed E-state index contributed by atoms with van der Waals surface area (Å²) in [7, 11) is 3.65. The second-order valence-electron chi connectivity index (χ2n) is 3.87. The van der Waals surface area contributed by atoms with Crippen molar-refractivity contribution in [1.29, 1.82) is 0 Å². The van der Waals surface area contributed by atoms with E-state index < -0.39 is 0 Å². The fourth-order valence-electron chi connectivity index (χ4n) is 1.38. The molecule has 0 aromatic carbocycles. The van der Waals surface area contributed by atoms with Crippen LogP contribution in [0.15, 0.2) is 0 Å². The molecular formula is C10H21NO. The zero-order valence-corrected chi connectivity index (χ0v) is 8.92. The van der Waals surface area contributed by atoms with Crippen molar-refractivity contribution in [2.24, 2.45) is 11.8 Å². The molecule has 72 valence electrons. The van der Waals surface area contributed by atoms with Gasteiger partial charge in [-0.3, -0.25) is 4.79 Å². The molecule has 0 aromatic heterocycles. The lowest BCUT2D eigenvalue weighted by Gasteiger charge is -2.22. The second-order valence-corrected chi connectivity index (χ2v) is 3.87. The number of nitrogens with zero attached hydrogens (tertiary/aromatic N) is 1. The highest BCUT2D eigenvalue weighted by atomic mass is 16.2. The Morgan fingerprint density at radius 2 is 1.83 bits per heavy atom. The molecule has 0 radical (unpaired) electrons. The van der Waals surface area contributed by atoms with Crippen LogP contribution in [0.4, 0.5) is 0 Å². The van der Waals surface area contributed by atoms with Crippen molar-refractivity contribution < 1.29 is 4.79 Å². The Morgan fingerprint density at radius 1 is 1.33 bits per heavy atom. The third kappa shape index (κ3) is 3.24. The molecule has 1 unspecified atom stereocenters. The molecule has 0 spiro atoms. The largest absolute Gasteiger partial charge is 0.349 e. The van der Waals surface area contributed by atoms with Gasteiger partial charge in [-0.1, -0.05) is 27.2 Å². The summed E-state index contributed by atoms with van der Waals surface area (Å²) < 4.78 is 0. The van der Waals surface area contributed by atoms with Crippen LogP contribution in [0.25, 0.3) is 0 Å². The molecule has 2 nitrogen and oxygen atoms in total. The molecule has 0 N–H and O–H groups in total. The Balaban J connectivity index is 4.19. The summed E-state index contributed by atoms with van der Waals surface area (Å²) in [6, 6.07) is 0. The molecule has 0 heterocycles. The molecule has 0 aromatic rings. The molecule has 0 aliphatic heterocycles. The van der Waals surface area contributed by atoms with Crippen LogP contribution in [0.5, 0.6) is 0 Å². The fraction of sp³-hybridized carbons (Fsp3) is 0.900. The monoisotopic (exact) mass is 171 g/mol. The van der Waals surface area contributed by atoms with Crippen molar-refractivity contribution in [3.05, 3.63) is 0 Å². The lowest BCUT2D eigenvalue weighted by Crippen LogP contribution is -2.32. The summed E-state index contributed by atoms with van der Waals surface area (Å²) in [5.74, 6) is 0.941. The summed E-state index contributed by atoms with van der Waals surface area (Å²) in [5, 5.41) is 0. The van der Waals surface area contributed by atoms with Gasteiger partial charge < -0.3 is 4.90 Å². The van der Waals surface area contributed by atoms with E-state index >= 15 is 0 Å². The van der Waals surface area contributed by atoms with E-state index in [0.29, 0.717) is 5.92 Å². The van der Waals surface area contributed by atoms with E-state index in [-0.39, 0.29) is 11.8 Å². The average Bonchev–Trinajstić information content (AvgIpc) is 1.98. The first-order valence-corrected chi connectivity index (χ1v) is 4.71. The second kappa shape index (κ2) is 5.18. The summed E-state index contributed by atoms with van der Waals surface area (Å²) >= 11 is 0. The predicted octanol–water partition coefficient (Wildman–Crippen LogP) is 2.15. The zero-order valence-electron chi connectivity index (χ0n) is 8.92. The van der Waals surface area contributed by atoms with Crippen molar-refractivity contribution >= 4 is 5.91 Å².